The number of benzene rings is 1. The Morgan fingerprint density at radius 2 is 2.06 bits per heavy atom. The van der Waals surface area contributed by atoms with E-state index in [0.29, 0.717) is 5.92 Å². The van der Waals surface area contributed by atoms with Gasteiger partial charge in [-0.25, -0.2) is 4.98 Å². The summed E-state index contributed by atoms with van der Waals surface area (Å²) in [6.45, 7) is 3.36. The molecular formula is C14H15ClN2. The van der Waals surface area contributed by atoms with Crippen molar-refractivity contribution in [2.45, 2.75) is 32.2 Å². The maximum absolute atomic E-state index is 5.91. The van der Waals surface area contributed by atoms with Gasteiger partial charge in [0.25, 0.3) is 0 Å². The lowest BCUT2D eigenvalue weighted by molar-refractivity contribution is 0.478. The number of hydrogen-bond acceptors (Lipinski definition) is 1. The lowest BCUT2D eigenvalue weighted by Crippen LogP contribution is -2.13. The lowest BCUT2D eigenvalue weighted by Gasteiger charge is -2.22. The van der Waals surface area contributed by atoms with Crippen LogP contribution < -0.4 is 0 Å². The molecule has 0 amide bonds. The first kappa shape index (κ1) is 10.8. The fourth-order valence-corrected chi connectivity index (χ4v) is 2.68. The summed E-state index contributed by atoms with van der Waals surface area (Å²) in [6, 6.07) is 7.92. The zero-order valence-electron chi connectivity index (χ0n) is 9.86. The van der Waals surface area contributed by atoms with Gasteiger partial charge in [0.2, 0.25) is 0 Å². The summed E-state index contributed by atoms with van der Waals surface area (Å²) in [5.41, 5.74) is 2.51. The summed E-state index contributed by atoms with van der Waals surface area (Å²) >= 11 is 5.91. The van der Waals surface area contributed by atoms with Gasteiger partial charge >= 0.3 is 0 Å². The van der Waals surface area contributed by atoms with E-state index in [9.17, 15) is 0 Å². The molecule has 1 aliphatic rings. The fraction of sp³-hybridized carbons (Fsp3) is 0.357. The molecule has 1 aromatic heterocycles. The van der Waals surface area contributed by atoms with E-state index < -0.39 is 0 Å². The smallest absolute Gasteiger partial charge is 0.140 e. The summed E-state index contributed by atoms with van der Waals surface area (Å²) < 4.78 is 2.34. The Kier molecular flexibility index (Phi) is 2.67. The Morgan fingerprint density at radius 3 is 2.82 bits per heavy atom. The predicted molar refractivity (Wildman–Crippen MR) is 70.3 cm³/mol. The van der Waals surface area contributed by atoms with Crippen LogP contribution in [-0.2, 0) is 6.54 Å². The average molecular weight is 247 g/mol. The van der Waals surface area contributed by atoms with Crippen molar-refractivity contribution in [3.8, 4) is 11.4 Å². The molecule has 2 aromatic rings. The highest BCUT2D eigenvalue weighted by molar-refractivity contribution is 6.30. The van der Waals surface area contributed by atoms with Gasteiger partial charge in [-0.1, -0.05) is 18.5 Å². The first-order valence-electron chi connectivity index (χ1n) is 6.07. The molecule has 0 saturated heterocycles. The van der Waals surface area contributed by atoms with Crippen LogP contribution in [0.2, 0.25) is 5.02 Å². The highest BCUT2D eigenvalue weighted by Crippen LogP contribution is 2.31. The van der Waals surface area contributed by atoms with Gasteiger partial charge in [0.1, 0.15) is 5.82 Å². The van der Waals surface area contributed by atoms with Gasteiger partial charge in [-0.05, 0) is 43.0 Å². The van der Waals surface area contributed by atoms with Gasteiger partial charge in [-0.3, -0.25) is 0 Å². The van der Waals surface area contributed by atoms with Crippen molar-refractivity contribution in [1.82, 2.24) is 9.55 Å². The Morgan fingerprint density at radius 1 is 1.29 bits per heavy atom. The third-order valence-electron chi connectivity index (χ3n) is 3.51. The van der Waals surface area contributed by atoms with Crippen molar-refractivity contribution < 1.29 is 0 Å². The molecule has 17 heavy (non-hydrogen) atoms. The van der Waals surface area contributed by atoms with Gasteiger partial charge in [0.15, 0.2) is 0 Å². The van der Waals surface area contributed by atoms with Crippen molar-refractivity contribution in [3.63, 3.8) is 0 Å². The molecule has 1 unspecified atom stereocenters. The van der Waals surface area contributed by atoms with Gasteiger partial charge < -0.3 is 4.57 Å². The third kappa shape index (κ3) is 1.87. The average Bonchev–Trinajstić information content (AvgIpc) is 2.75. The van der Waals surface area contributed by atoms with E-state index in [2.05, 4.69) is 16.5 Å². The van der Waals surface area contributed by atoms with E-state index in [1.165, 1.54) is 18.5 Å². The minimum Gasteiger partial charge on any atom is -0.328 e. The van der Waals surface area contributed by atoms with Crippen LogP contribution in [0.1, 0.15) is 31.4 Å². The van der Waals surface area contributed by atoms with Crippen LogP contribution in [0.25, 0.3) is 11.4 Å². The summed E-state index contributed by atoms with van der Waals surface area (Å²) in [7, 11) is 0. The number of hydrogen-bond donors (Lipinski definition) is 0. The molecule has 1 aliphatic heterocycles. The first-order chi connectivity index (χ1) is 8.25. The predicted octanol–water partition coefficient (Wildman–Crippen LogP) is 4.10. The molecule has 1 aromatic carbocycles. The quantitative estimate of drug-likeness (QED) is 0.741. The molecular weight excluding hydrogens is 232 g/mol. The van der Waals surface area contributed by atoms with Gasteiger partial charge in [0.05, 0.1) is 0 Å². The Bertz CT molecular complexity index is 528. The monoisotopic (exact) mass is 246 g/mol. The van der Waals surface area contributed by atoms with Crippen molar-refractivity contribution >= 4 is 11.6 Å². The molecule has 2 heterocycles. The summed E-state index contributed by atoms with van der Waals surface area (Å²) in [6.07, 6.45) is 4.53. The van der Waals surface area contributed by atoms with E-state index in [4.69, 9.17) is 11.6 Å². The largest absolute Gasteiger partial charge is 0.328 e. The van der Waals surface area contributed by atoms with Crippen molar-refractivity contribution in [2.24, 2.45) is 0 Å². The minimum atomic E-state index is 0.623. The summed E-state index contributed by atoms with van der Waals surface area (Å²) in [4.78, 5) is 4.57. The van der Waals surface area contributed by atoms with Gasteiger partial charge in [-0.15, -0.1) is 0 Å². The number of aromatic nitrogens is 2. The van der Waals surface area contributed by atoms with Crippen LogP contribution in [0.4, 0.5) is 0 Å². The molecule has 0 bridgehead atoms. The third-order valence-corrected chi connectivity index (χ3v) is 3.76. The number of fused-ring (bicyclic) bond motifs is 1. The van der Waals surface area contributed by atoms with E-state index in [0.717, 1.165) is 23.0 Å². The van der Waals surface area contributed by atoms with Crippen molar-refractivity contribution in [3.05, 3.63) is 41.2 Å². The standard InChI is InChI=1S/C14H15ClN2/c1-10-3-2-8-17-13(10)9-16-14(17)11-4-6-12(15)7-5-11/h4-7,9-10H,2-3,8H2,1H3. The fourth-order valence-electron chi connectivity index (χ4n) is 2.55. The van der Waals surface area contributed by atoms with E-state index >= 15 is 0 Å². The molecule has 0 aliphatic carbocycles. The Labute approximate surface area is 106 Å². The normalized spacial score (nSPS) is 19.1. The molecule has 0 radical (unpaired) electrons. The van der Waals surface area contributed by atoms with Crippen LogP contribution in [0.15, 0.2) is 30.5 Å². The summed E-state index contributed by atoms with van der Waals surface area (Å²) in [5, 5.41) is 0.771. The number of rotatable bonds is 1. The second-order valence-corrected chi connectivity index (χ2v) is 5.14. The maximum atomic E-state index is 5.91. The topological polar surface area (TPSA) is 17.8 Å². The SMILES string of the molecule is CC1CCCn2c1cnc2-c1ccc(Cl)cc1. The maximum Gasteiger partial charge on any atom is 0.140 e. The van der Waals surface area contributed by atoms with Crippen LogP contribution in [0.5, 0.6) is 0 Å². The van der Waals surface area contributed by atoms with Gasteiger partial charge in [-0.2, -0.15) is 0 Å². The van der Waals surface area contributed by atoms with Crippen molar-refractivity contribution in [1.29, 1.82) is 0 Å². The number of halogens is 1. The number of nitrogens with zero attached hydrogens (tertiary/aromatic N) is 2. The molecule has 0 fully saturated rings. The van der Waals surface area contributed by atoms with E-state index in [1.54, 1.807) is 0 Å². The minimum absolute atomic E-state index is 0.623. The zero-order valence-corrected chi connectivity index (χ0v) is 10.6. The van der Waals surface area contributed by atoms with E-state index in [1.807, 2.05) is 30.5 Å². The van der Waals surface area contributed by atoms with E-state index in [-0.39, 0.29) is 0 Å². The second-order valence-electron chi connectivity index (χ2n) is 4.71. The molecule has 0 saturated carbocycles. The van der Waals surface area contributed by atoms with Crippen LogP contribution in [-0.4, -0.2) is 9.55 Å². The molecule has 1 atom stereocenters. The molecule has 3 rings (SSSR count). The van der Waals surface area contributed by atoms with Crippen LogP contribution in [0, 0.1) is 0 Å². The van der Waals surface area contributed by atoms with Crippen LogP contribution in [0.3, 0.4) is 0 Å². The van der Waals surface area contributed by atoms with Crippen molar-refractivity contribution in [2.75, 3.05) is 0 Å². The number of imidazole rings is 1. The highest BCUT2D eigenvalue weighted by Gasteiger charge is 2.20. The Balaban J connectivity index is 2.07. The Hall–Kier alpha value is -1.28. The van der Waals surface area contributed by atoms with Gasteiger partial charge in [0, 0.05) is 29.0 Å². The molecule has 0 spiro atoms. The lowest BCUT2D eigenvalue weighted by atomic mass is 9.98. The zero-order chi connectivity index (χ0) is 11.8. The molecule has 2 nitrogen and oxygen atoms in total. The molecule has 0 N–H and O–H groups in total. The van der Waals surface area contributed by atoms with Crippen LogP contribution >= 0.6 is 11.6 Å². The molecule has 3 heteroatoms. The molecule has 88 valence electrons. The highest BCUT2D eigenvalue weighted by atomic mass is 35.5. The first-order valence-corrected chi connectivity index (χ1v) is 6.45. The second kappa shape index (κ2) is 4.19. The summed E-state index contributed by atoms with van der Waals surface area (Å²) in [5.74, 6) is 1.69.